The van der Waals surface area contributed by atoms with Crippen LogP contribution in [0.3, 0.4) is 0 Å². The Kier molecular flexibility index (Phi) is 6.53. The second kappa shape index (κ2) is 7.66. The van der Waals surface area contributed by atoms with E-state index in [4.69, 9.17) is 5.11 Å². The van der Waals surface area contributed by atoms with Gasteiger partial charge in [0.05, 0.1) is 0 Å². The fourth-order valence-electron chi connectivity index (χ4n) is 2.24. The monoisotopic (exact) mass is 263 g/mol. The van der Waals surface area contributed by atoms with E-state index in [2.05, 4.69) is 57.3 Å². The van der Waals surface area contributed by atoms with Crippen molar-refractivity contribution in [1.29, 1.82) is 0 Å². The van der Waals surface area contributed by atoms with Gasteiger partial charge >= 0.3 is 0 Å². The minimum atomic E-state index is 0.236. The van der Waals surface area contributed by atoms with Crippen LogP contribution < -0.4 is 5.32 Å². The smallest absolute Gasteiger partial charge is 0.0431 e. The van der Waals surface area contributed by atoms with Gasteiger partial charge in [0, 0.05) is 19.2 Å². The molecule has 2 heteroatoms. The SMILES string of the molecule is CCc1ccc(C(C)NCC(C)(C)CCCO)cc1. The lowest BCUT2D eigenvalue weighted by Crippen LogP contribution is -2.31. The second-order valence-corrected chi connectivity index (χ2v) is 6.19. The molecular formula is C17H29NO. The number of aliphatic hydroxyl groups is 1. The van der Waals surface area contributed by atoms with Crippen LogP contribution in [0.15, 0.2) is 24.3 Å². The van der Waals surface area contributed by atoms with E-state index in [1.54, 1.807) is 0 Å². The summed E-state index contributed by atoms with van der Waals surface area (Å²) in [6.07, 6.45) is 3.03. The molecule has 0 radical (unpaired) electrons. The average Bonchev–Trinajstić information content (AvgIpc) is 2.43. The van der Waals surface area contributed by atoms with Gasteiger partial charge in [-0.3, -0.25) is 0 Å². The molecule has 0 saturated heterocycles. The number of benzene rings is 1. The van der Waals surface area contributed by atoms with Crippen molar-refractivity contribution in [1.82, 2.24) is 5.32 Å². The van der Waals surface area contributed by atoms with Crippen LogP contribution in [-0.4, -0.2) is 18.3 Å². The molecule has 2 N–H and O–H groups in total. The maximum atomic E-state index is 8.91. The molecule has 0 heterocycles. The molecule has 0 aromatic heterocycles. The summed E-state index contributed by atoms with van der Waals surface area (Å²) in [6, 6.07) is 9.24. The number of aryl methyl sites for hydroxylation is 1. The van der Waals surface area contributed by atoms with Crippen LogP contribution in [0.25, 0.3) is 0 Å². The van der Waals surface area contributed by atoms with E-state index in [0.717, 1.165) is 25.8 Å². The van der Waals surface area contributed by atoms with Gasteiger partial charge in [-0.2, -0.15) is 0 Å². The van der Waals surface area contributed by atoms with Gasteiger partial charge in [0.1, 0.15) is 0 Å². The molecule has 1 aromatic rings. The van der Waals surface area contributed by atoms with Crippen molar-refractivity contribution in [3.63, 3.8) is 0 Å². The Morgan fingerprint density at radius 1 is 1.21 bits per heavy atom. The molecule has 1 aromatic carbocycles. The molecule has 0 aliphatic heterocycles. The zero-order valence-corrected chi connectivity index (χ0v) is 12.9. The van der Waals surface area contributed by atoms with E-state index in [1.165, 1.54) is 11.1 Å². The summed E-state index contributed by atoms with van der Waals surface area (Å²) in [4.78, 5) is 0. The minimum Gasteiger partial charge on any atom is -0.396 e. The Morgan fingerprint density at radius 2 is 1.84 bits per heavy atom. The number of hydrogen-bond acceptors (Lipinski definition) is 2. The molecule has 0 fully saturated rings. The largest absolute Gasteiger partial charge is 0.396 e. The van der Waals surface area contributed by atoms with Gasteiger partial charge < -0.3 is 10.4 Å². The van der Waals surface area contributed by atoms with Crippen LogP contribution in [0.2, 0.25) is 0 Å². The molecule has 1 rings (SSSR count). The summed E-state index contributed by atoms with van der Waals surface area (Å²) in [6.45, 7) is 10.2. The van der Waals surface area contributed by atoms with Gasteiger partial charge in [-0.25, -0.2) is 0 Å². The Bertz CT molecular complexity index is 356. The second-order valence-electron chi connectivity index (χ2n) is 6.19. The first-order chi connectivity index (χ1) is 8.98. The topological polar surface area (TPSA) is 32.3 Å². The van der Waals surface area contributed by atoms with E-state index in [-0.39, 0.29) is 12.0 Å². The number of aliphatic hydroxyl groups excluding tert-OH is 1. The number of nitrogens with one attached hydrogen (secondary N) is 1. The van der Waals surface area contributed by atoms with Crippen LogP contribution >= 0.6 is 0 Å². The Labute approximate surface area is 118 Å². The summed E-state index contributed by atoms with van der Waals surface area (Å²) < 4.78 is 0. The number of hydrogen-bond donors (Lipinski definition) is 2. The van der Waals surface area contributed by atoms with E-state index in [1.807, 2.05) is 0 Å². The van der Waals surface area contributed by atoms with Crippen molar-refractivity contribution in [2.75, 3.05) is 13.2 Å². The zero-order chi connectivity index (χ0) is 14.3. The van der Waals surface area contributed by atoms with E-state index in [9.17, 15) is 0 Å². The van der Waals surface area contributed by atoms with Gasteiger partial charge in [-0.1, -0.05) is 45.0 Å². The third kappa shape index (κ3) is 5.75. The number of rotatable bonds is 8. The Balaban J connectivity index is 2.47. The van der Waals surface area contributed by atoms with Gasteiger partial charge in [-0.05, 0) is 42.7 Å². The zero-order valence-electron chi connectivity index (χ0n) is 12.9. The predicted octanol–water partition coefficient (Wildman–Crippen LogP) is 3.70. The summed E-state index contributed by atoms with van der Waals surface area (Å²) in [5.74, 6) is 0. The lowest BCUT2D eigenvalue weighted by molar-refractivity contribution is 0.233. The first kappa shape index (κ1) is 16.2. The molecule has 1 unspecified atom stereocenters. The van der Waals surface area contributed by atoms with Crippen LogP contribution in [0.4, 0.5) is 0 Å². The summed E-state index contributed by atoms with van der Waals surface area (Å²) in [7, 11) is 0. The van der Waals surface area contributed by atoms with Crippen molar-refractivity contribution in [3.8, 4) is 0 Å². The maximum absolute atomic E-state index is 8.91. The highest BCUT2D eigenvalue weighted by Gasteiger charge is 2.18. The molecule has 0 bridgehead atoms. The minimum absolute atomic E-state index is 0.236. The average molecular weight is 263 g/mol. The molecule has 19 heavy (non-hydrogen) atoms. The van der Waals surface area contributed by atoms with Crippen molar-refractivity contribution in [2.45, 2.75) is 53.0 Å². The molecular weight excluding hydrogens is 234 g/mol. The molecule has 0 saturated carbocycles. The summed E-state index contributed by atoms with van der Waals surface area (Å²) in [5.41, 5.74) is 2.97. The first-order valence-corrected chi connectivity index (χ1v) is 7.41. The standard InChI is InChI=1S/C17H29NO/c1-5-15-7-9-16(10-8-15)14(2)18-13-17(3,4)11-6-12-19/h7-10,14,18-19H,5-6,11-13H2,1-4H3. The molecule has 0 spiro atoms. The Hall–Kier alpha value is -0.860. The molecule has 0 aliphatic rings. The third-order valence-electron chi connectivity index (χ3n) is 3.79. The molecule has 0 amide bonds. The summed E-state index contributed by atoms with van der Waals surface area (Å²) in [5, 5.41) is 12.5. The fraction of sp³-hybridized carbons (Fsp3) is 0.647. The highest BCUT2D eigenvalue weighted by molar-refractivity contribution is 5.24. The molecule has 1 atom stereocenters. The quantitative estimate of drug-likeness (QED) is 0.749. The maximum Gasteiger partial charge on any atom is 0.0431 e. The predicted molar refractivity (Wildman–Crippen MR) is 82.3 cm³/mol. The highest BCUT2D eigenvalue weighted by atomic mass is 16.2. The first-order valence-electron chi connectivity index (χ1n) is 7.41. The molecule has 2 nitrogen and oxygen atoms in total. The van der Waals surface area contributed by atoms with E-state index < -0.39 is 0 Å². The van der Waals surface area contributed by atoms with Crippen LogP contribution in [-0.2, 0) is 6.42 Å². The summed E-state index contributed by atoms with van der Waals surface area (Å²) >= 11 is 0. The lowest BCUT2D eigenvalue weighted by atomic mass is 9.87. The Morgan fingerprint density at radius 3 is 2.37 bits per heavy atom. The third-order valence-corrected chi connectivity index (χ3v) is 3.79. The van der Waals surface area contributed by atoms with Crippen LogP contribution in [0.5, 0.6) is 0 Å². The highest BCUT2D eigenvalue weighted by Crippen LogP contribution is 2.23. The fourth-order valence-corrected chi connectivity index (χ4v) is 2.24. The van der Waals surface area contributed by atoms with E-state index in [0.29, 0.717) is 6.04 Å². The van der Waals surface area contributed by atoms with E-state index >= 15 is 0 Å². The van der Waals surface area contributed by atoms with Crippen molar-refractivity contribution in [2.24, 2.45) is 5.41 Å². The van der Waals surface area contributed by atoms with Gasteiger partial charge in [-0.15, -0.1) is 0 Å². The normalized spacial score (nSPS) is 13.5. The van der Waals surface area contributed by atoms with Crippen molar-refractivity contribution >= 4 is 0 Å². The van der Waals surface area contributed by atoms with Gasteiger partial charge in [0.2, 0.25) is 0 Å². The molecule has 0 aliphatic carbocycles. The molecule has 108 valence electrons. The van der Waals surface area contributed by atoms with Gasteiger partial charge in [0.15, 0.2) is 0 Å². The van der Waals surface area contributed by atoms with Crippen molar-refractivity contribution in [3.05, 3.63) is 35.4 Å². The lowest BCUT2D eigenvalue weighted by Gasteiger charge is -2.27. The van der Waals surface area contributed by atoms with Gasteiger partial charge in [0.25, 0.3) is 0 Å². The van der Waals surface area contributed by atoms with Crippen LogP contribution in [0, 0.1) is 5.41 Å². The van der Waals surface area contributed by atoms with Crippen molar-refractivity contribution < 1.29 is 5.11 Å². The van der Waals surface area contributed by atoms with Crippen LogP contribution in [0.1, 0.15) is 57.7 Å².